The van der Waals surface area contributed by atoms with Gasteiger partial charge in [-0.25, -0.2) is 0 Å². The van der Waals surface area contributed by atoms with Crippen LogP contribution in [0, 0.1) is 17.8 Å². The molecule has 3 heterocycles. The fraction of sp³-hybridized carbons (Fsp3) is 0.500. The molecule has 36 heavy (non-hydrogen) atoms. The molecular weight excluding hydrogens is 456 g/mol. The van der Waals surface area contributed by atoms with Gasteiger partial charge < -0.3 is 20.1 Å². The van der Waals surface area contributed by atoms with Crippen LogP contribution >= 0.6 is 0 Å². The van der Waals surface area contributed by atoms with Crippen LogP contribution in [0.15, 0.2) is 53.3 Å². The molecule has 1 saturated carbocycles. The van der Waals surface area contributed by atoms with Gasteiger partial charge in [0.05, 0.1) is 12.6 Å². The van der Waals surface area contributed by atoms with E-state index in [9.17, 15) is 19.2 Å². The number of likely N-dealkylation sites (tertiary alicyclic amines) is 1. The highest BCUT2D eigenvalue weighted by Crippen LogP contribution is 2.36. The van der Waals surface area contributed by atoms with Crippen molar-refractivity contribution in [3.63, 3.8) is 0 Å². The first-order valence-electron chi connectivity index (χ1n) is 13.1. The highest BCUT2D eigenvalue weighted by atomic mass is 16.2. The first-order valence-corrected chi connectivity index (χ1v) is 13.1. The van der Waals surface area contributed by atoms with E-state index in [1.807, 2.05) is 27.7 Å². The van der Waals surface area contributed by atoms with Crippen molar-refractivity contribution in [3.05, 3.63) is 70.1 Å². The maximum absolute atomic E-state index is 13.3. The lowest BCUT2D eigenvalue weighted by atomic mass is 9.80. The van der Waals surface area contributed by atoms with Gasteiger partial charge in [0.2, 0.25) is 11.8 Å². The minimum Gasteiger partial charge on any atom is -0.354 e. The summed E-state index contributed by atoms with van der Waals surface area (Å²) in [6.45, 7) is 1.92. The maximum Gasteiger partial charge on any atom is 0.251 e. The number of hydrogen-bond donors (Lipinski definition) is 2. The Labute approximate surface area is 211 Å². The largest absolute Gasteiger partial charge is 0.354 e. The third-order valence-electron chi connectivity index (χ3n) is 7.99. The van der Waals surface area contributed by atoms with Crippen LogP contribution < -0.4 is 16.2 Å². The minimum absolute atomic E-state index is 0.0212. The van der Waals surface area contributed by atoms with Crippen LogP contribution in [0.1, 0.15) is 54.2 Å². The Kier molecular flexibility index (Phi) is 7.20. The Balaban J connectivity index is 1.05. The molecule has 0 radical (unpaired) electrons. The molecule has 2 fully saturated rings. The molecule has 2 aromatic rings. The lowest BCUT2D eigenvalue weighted by molar-refractivity contribution is -0.140. The van der Waals surface area contributed by atoms with Gasteiger partial charge in [0.15, 0.2) is 0 Å². The average Bonchev–Trinajstić information content (AvgIpc) is 2.90. The highest BCUT2D eigenvalue weighted by Gasteiger charge is 2.38. The van der Waals surface area contributed by atoms with E-state index < -0.39 is 0 Å². The van der Waals surface area contributed by atoms with Gasteiger partial charge in [0.25, 0.3) is 11.5 Å². The van der Waals surface area contributed by atoms with Crippen molar-refractivity contribution in [3.8, 4) is 0 Å². The Hall–Kier alpha value is -3.42. The van der Waals surface area contributed by atoms with Crippen LogP contribution in [-0.4, -0.2) is 53.4 Å². The fourth-order valence-electron chi connectivity index (χ4n) is 6.15. The smallest absolute Gasteiger partial charge is 0.251 e. The van der Waals surface area contributed by atoms with E-state index in [2.05, 4.69) is 10.6 Å². The molecular formula is C28H34N4O4. The summed E-state index contributed by atoms with van der Waals surface area (Å²) < 4.78 is 1.90. The van der Waals surface area contributed by atoms with Crippen LogP contribution in [0.5, 0.6) is 0 Å². The number of carbonyl (C=O) groups is 3. The number of hydrogen-bond acceptors (Lipinski definition) is 4. The summed E-state index contributed by atoms with van der Waals surface area (Å²) in [6.07, 6.45) is 5.28. The number of pyridine rings is 1. The number of benzene rings is 1. The Morgan fingerprint density at radius 2 is 1.67 bits per heavy atom. The van der Waals surface area contributed by atoms with Crippen molar-refractivity contribution in [1.29, 1.82) is 0 Å². The molecule has 1 aromatic heterocycles. The maximum atomic E-state index is 13.3. The zero-order chi connectivity index (χ0) is 25.1. The molecule has 8 heteroatoms. The standard InChI is InChI=1S/C28H34N4O4/c33-25(16-30-27(35)21-5-2-1-3-6-21)29-15-19-9-11-22(12-10-19)28(36)31-17-20-13-23-7-4-8-26(34)32(23)24(14-20)18-31/h1-8,19-20,22,24H,9-18H2,(H,29,33)(H,30,35)/t19?,20-,22?,24+/m0/s1. The van der Waals surface area contributed by atoms with Crippen molar-refractivity contribution in [2.75, 3.05) is 26.2 Å². The van der Waals surface area contributed by atoms with Crippen molar-refractivity contribution < 1.29 is 14.4 Å². The number of carbonyl (C=O) groups excluding carboxylic acids is 3. The van der Waals surface area contributed by atoms with E-state index >= 15 is 0 Å². The molecule has 0 unspecified atom stereocenters. The SMILES string of the molecule is O=C(CNC(=O)c1ccccc1)NCC1CCC(C(=O)N2C[C@H]3Cc4cccc(=O)n4[C@H](C3)C2)CC1. The van der Waals surface area contributed by atoms with Gasteiger partial charge in [-0.2, -0.15) is 0 Å². The molecule has 8 nitrogen and oxygen atoms in total. The Bertz CT molecular complexity index is 1170. The molecule has 0 spiro atoms. The third-order valence-corrected chi connectivity index (χ3v) is 7.99. The van der Waals surface area contributed by atoms with Gasteiger partial charge in [0, 0.05) is 42.9 Å². The number of amides is 3. The number of nitrogens with one attached hydrogen (secondary N) is 2. The second kappa shape index (κ2) is 10.7. The molecule has 1 saturated heterocycles. The summed E-state index contributed by atoms with van der Waals surface area (Å²) in [7, 11) is 0. The second-order valence-electron chi connectivity index (χ2n) is 10.5. The molecule has 5 rings (SSSR count). The molecule has 3 aliphatic rings. The van der Waals surface area contributed by atoms with Crippen molar-refractivity contribution >= 4 is 17.7 Å². The van der Waals surface area contributed by atoms with E-state index in [4.69, 9.17) is 0 Å². The topological polar surface area (TPSA) is 101 Å². The van der Waals surface area contributed by atoms with Crippen LogP contribution in [0.25, 0.3) is 0 Å². The van der Waals surface area contributed by atoms with E-state index in [1.165, 1.54) is 0 Å². The molecule has 2 aliphatic heterocycles. The second-order valence-corrected chi connectivity index (χ2v) is 10.5. The summed E-state index contributed by atoms with van der Waals surface area (Å²) in [4.78, 5) is 52.1. The van der Waals surface area contributed by atoms with Gasteiger partial charge in [-0.05, 0) is 68.6 Å². The first-order chi connectivity index (χ1) is 17.5. The summed E-state index contributed by atoms with van der Waals surface area (Å²) in [5, 5.41) is 5.58. The lowest BCUT2D eigenvalue weighted by Gasteiger charge is -2.44. The van der Waals surface area contributed by atoms with Gasteiger partial charge in [-0.15, -0.1) is 0 Å². The van der Waals surface area contributed by atoms with Crippen LogP contribution in [0.4, 0.5) is 0 Å². The number of aromatic nitrogens is 1. The van der Waals surface area contributed by atoms with E-state index in [0.29, 0.717) is 30.5 Å². The predicted molar refractivity (Wildman–Crippen MR) is 135 cm³/mol. The average molecular weight is 491 g/mol. The van der Waals surface area contributed by atoms with Gasteiger partial charge >= 0.3 is 0 Å². The minimum atomic E-state index is -0.264. The van der Waals surface area contributed by atoms with Crippen LogP contribution in [0.3, 0.4) is 0 Å². The van der Waals surface area contributed by atoms with Crippen LogP contribution in [-0.2, 0) is 16.0 Å². The fourth-order valence-corrected chi connectivity index (χ4v) is 6.15. The summed E-state index contributed by atoms with van der Waals surface area (Å²) in [6, 6.07) is 14.4. The third kappa shape index (κ3) is 5.37. The first kappa shape index (κ1) is 24.3. The molecule has 1 aliphatic carbocycles. The molecule has 3 amide bonds. The van der Waals surface area contributed by atoms with Crippen molar-refractivity contribution in [2.45, 2.75) is 44.6 Å². The van der Waals surface area contributed by atoms with Crippen molar-refractivity contribution in [1.82, 2.24) is 20.1 Å². The number of piperidine rings is 1. The van der Waals surface area contributed by atoms with Gasteiger partial charge in [0.1, 0.15) is 0 Å². The zero-order valence-electron chi connectivity index (χ0n) is 20.5. The summed E-state index contributed by atoms with van der Waals surface area (Å²) in [5.74, 6) is 0.543. The molecule has 2 N–H and O–H groups in total. The van der Waals surface area contributed by atoms with Gasteiger partial charge in [-0.1, -0.05) is 24.3 Å². The van der Waals surface area contributed by atoms with E-state index in [0.717, 1.165) is 50.8 Å². The zero-order valence-corrected chi connectivity index (χ0v) is 20.5. The van der Waals surface area contributed by atoms with E-state index in [1.54, 1.807) is 30.3 Å². The van der Waals surface area contributed by atoms with Crippen LogP contribution in [0.2, 0.25) is 0 Å². The quantitative estimate of drug-likeness (QED) is 0.648. The lowest BCUT2D eigenvalue weighted by Crippen LogP contribution is -2.52. The normalized spacial score (nSPS) is 24.9. The Morgan fingerprint density at radius 3 is 2.44 bits per heavy atom. The number of nitrogens with zero attached hydrogens (tertiary/aromatic N) is 2. The van der Waals surface area contributed by atoms with Gasteiger partial charge in [-0.3, -0.25) is 19.2 Å². The summed E-state index contributed by atoms with van der Waals surface area (Å²) >= 11 is 0. The molecule has 190 valence electrons. The molecule has 2 bridgehead atoms. The van der Waals surface area contributed by atoms with E-state index in [-0.39, 0.29) is 41.8 Å². The predicted octanol–water partition coefficient (Wildman–Crippen LogP) is 2.15. The summed E-state index contributed by atoms with van der Waals surface area (Å²) in [5.41, 5.74) is 1.66. The molecule has 2 atom stereocenters. The monoisotopic (exact) mass is 490 g/mol. The molecule has 1 aromatic carbocycles. The Morgan fingerprint density at radius 1 is 0.889 bits per heavy atom. The number of rotatable bonds is 6. The van der Waals surface area contributed by atoms with Crippen molar-refractivity contribution in [2.24, 2.45) is 17.8 Å². The highest BCUT2D eigenvalue weighted by molar-refractivity contribution is 5.96. The number of fused-ring (bicyclic) bond motifs is 4.